The maximum Gasteiger partial charge on any atom is 0.239 e. The summed E-state index contributed by atoms with van der Waals surface area (Å²) in [4.78, 5) is 23.0. The van der Waals surface area contributed by atoms with Gasteiger partial charge in [0.25, 0.3) is 0 Å². The smallest absolute Gasteiger partial charge is 0.239 e. The zero-order valence-electron chi connectivity index (χ0n) is 10.4. The highest BCUT2D eigenvalue weighted by atomic mass is 32.2. The molecule has 1 fully saturated rings. The van der Waals surface area contributed by atoms with Crippen molar-refractivity contribution in [2.75, 3.05) is 7.11 Å². The molecule has 1 aromatic rings. The fourth-order valence-corrected chi connectivity index (χ4v) is 2.78. The van der Waals surface area contributed by atoms with Gasteiger partial charge in [-0.3, -0.25) is 9.59 Å². The molecule has 0 aromatic heterocycles. The molecule has 0 aliphatic carbocycles. The third kappa shape index (κ3) is 2.67. The van der Waals surface area contributed by atoms with Crippen LogP contribution >= 0.6 is 11.9 Å². The van der Waals surface area contributed by atoms with E-state index in [1.54, 1.807) is 7.11 Å². The third-order valence-corrected chi connectivity index (χ3v) is 4.06. The topological polar surface area (TPSA) is 46.6 Å². The van der Waals surface area contributed by atoms with Gasteiger partial charge in [0.05, 0.1) is 7.11 Å². The van der Waals surface area contributed by atoms with Crippen LogP contribution in [0.2, 0.25) is 0 Å². The Bertz CT molecular complexity index is 442. The molecule has 1 aliphatic rings. The second-order valence-electron chi connectivity index (χ2n) is 4.10. The highest BCUT2D eigenvalue weighted by Gasteiger charge is 2.31. The first-order valence-corrected chi connectivity index (χ1v) is 6.62. The van der Waals surface area contributed by atoms with Crippen molar-refractivity contribution in [1.29, 1.82) is 0 Å². The molecule has 0 radical (unpaired) electrons. The second-order valence-corrected chi connectivity index (χ2v) is 5.39. The van der Waals surface area contributed by atoms with Crippen LogP contribution in [0.1, 0.15) is 30.6 Å². The van der Waals surface area contributed by atoms with E-state index in [0.717, 1.165) is 11.3 Å². The molecule has 1 aromatic carbocycles. The quantitative estimate of drug-likeness (QED) is 0.620. The fourth-order valence-electron chi connectivity index (χ4n) is 1.77. The molecule has 0 bridgehead atoms. The summed E-state index contributed by atoms with van der Waals surface area (Å²) in [7, 11) is 1.62. The summed E-state index contributed by atoms with van der Waals surface area (Å²) in [6.07, 6.45) is 0.669. The molecule has 96 valence electrons. The van der Waals surface area contributed by atoms with Crippen molar-refractivity contribution in [2.24, 2.45) is 0 Å². The molecule has 18 heavy (non-hydrogen) atoms. The van der Waals surface area contributed by atoms with E-state index in [4.69, 9.17) is 4.74 Å². The van der Waals surface area contributed by atoms with E-state index in [9.17, 15) is 9.59 Å². The first kappa shape index (κ1) is 13.0. The van der Waals surface area contributed by atoms with Crippen LogP contribution in [0.5, 0.6) is 5.75 Å². The van der Waals surface area contributed by atoms with Gasteiger partial charge in [0, 0.05) is 18.1 Å². The molecule has 2 rings (SSSR count). The van der Waals surface area contributed by atoms with Crippen LogP contribution in [0.15, 0.2) is 24.3 Å². The number of amides is 2. The summed E-state index contributed by atoms with van der Waals surface area (Å²) in [5.41, 5.74) is 1.06. The molecule has 5 heteroatoms. The number of benzene rings is 1. The van der Waals surface area contributed by atoms with E-state index in [1.807, 2.05) is 31.2 Å². The highest BCUT2D eigenvalue weighted by Crippen LogP contribution is 2.35. The van der Waals surface area contributed by atoms with Crippen molar-refractivity contribution in [3.05, 3.63) is 29.8 Å². The number of rotatable bonds is 4. The Morgan fingerprint density at radius 1 is 1.17 bits per heavy atom. The van der Waals surface area contributed by atoms with Gasteiger partial charge in [0.15, 0.2) is 0 Å². The Hall–Kier alpha value is -1.49. The monoisotopic (exact) mass is 265 g/mol. The van der Waals surface area contributed by atoms with Gasteiger partial charge >= 0.3 is 0 Å². The molecule has 4 nitrogen and oxygen atoms in total. The van der Waals surface area contributed by atoms with Gasteiger partial charge in [-0.1, -0.05) is 12.1 Å². The normalized spacial score (nSPS) is 17.1. The predicted molar refractivity (Wildman–Crippen MR) is 70.1 cm³/mol. The standard InChI is InChI=1S/C13H15NO3S/c1-9(10-3-5-11(17-2)6-4-10)18-14-12(15)7-8-13(14)16/h3-6,9H,7-8H2,1-2H3/t9-/m1/s1. The average molecular weight is 265 g/mol. The summed E-state index contributed by atoms with van der Waals surface area (Å²) >= 11 is 1.28. The van der Waals surface area contributed by atoms with Crippen molar-refractivity contribution in [2.45, 2.75) is 25.0 Å². The number of methoxy groups -OCH3 is 1. The lowest BCUT2D eigenvalue weighted by atomic mass is 10.2. The maximum absolute atomic E-state index is 11.5. The minimum absolute atomic E-state index is 0.0573. The summed E-state index contributed by atoms with van der Waals surface area (Å²) in [5, 5.41) is 0.0573. The van der Waals surface area contributed by atoms with Gasteiger partial charge in [0.2, 0.25) is 11.8 Å². The minimum atomic E-state index is -0.0923. The highest BCUT2D eigenvalue weighted by molar-refractivity contribution is 7.98. The SMILES string of the molecule is COc1ccc([C@@H](C)SN2C(=O)CCC2=O)cc1. The van der Waals surface area contributed by atoms with Crippen molar-refractivity contribution in [1.82, 2.24) is 4.31 Å². The van der Waals surface area contributed by atoms with E-state index in [0.29, 0.717) is 12.8 Å². The Morgan fingerprint density at radius 2 is 1.72 bits per heavy atom. The van der Waals surface area contributed by atoms with Gasteiger partial charge < -0.3 is 4.74 Å². The summed E-state index contributed by atoms with van der Waals surface area (Å²) < 4.78 is 6.38. The van der Waals surface area contributed by atoms with Gasteiger partial charge in [-0.2, -0.15) is 0 Å². The molecule has 1 saturated heterocycles. The number of carbonyl (C=O) groups is 2. The van der Waals surface area contributed by atoms with E-state index >= 15 is 0 Å². The van der Waals surface area contributed by atoms with Crippen LogP contribution in [-0.4, -0.2) is 23.2 Å². The van der Waals surface area contributed by atoms with Crippen LogP contribution in [0.3, 0.4) is 0 Å². The molecule has 1 aliphatic heterocycles. The van der Waals surface area contributed by atoms with Crippen molar-refractivity contribution in [3.8, 4) is 5.75 Å². The number of imide groups is 1. The maximum atomic E-state index is 11.5. The van der Waals surface area contributed by atoms with Gasteiger partial charge in [-0.25, -0.2) is 4.31 Å². The lowest BCUT2D eigenvalue weighted by molar-refractivity contribution is -0.131. The largest absolute Gasteiger partial charge is 0.497 e. The molecule has 2 amide bonds. The summed E-state index contributed by atoms with van der Waals surface area (Å²) in [6, 6.07) is 7.64. The van der Waals surface area contributed by atoms with Gasteiger partial charge in [-0.05, 0) is 36.6 Å². The van der Waals surface area contributed by atoms with Crippen LogP contribution in [0.25, 0.3) is 0 Å². The molecular formula is C13H15NO3S. The Labute approximate surface area is 110 Å². The summed E-state index contributed by atoms with van der Waals surface area (Å²) in [6.45, 7) is 1.98. The molecule has 0 spiro atoms. The van der Waals surface area contributed by atoms with Gasteiger partial charge in [-0.15, -0.1) is 0 Å². The fraction of sp³-hybridized carbons (Fsp3) is 0.385. The average Bonchev–Trinajstić information content (AvgIpc) is 2.70. The third-order valence-electron chi connectivity index (χ3n) is 2.85. The molecule has 0 N–H and O–H groups in total. The van der Waals surface area contributed by atoms with E-state index < -0.39 is 0 Å². The Balaban J connectivity index is 2.04. The molecule has 0 saturated carbocycles. The number of carbonyl (C=O) groups excluding carboxylic acids is 2. The van der Waals surface area contributed by atoms with E-state index in [1.165, 1.54) is 16.3 Å². The first-order chi connectivity index (χ1) is 8.61. The Morgan fingerprint density at radius 3 is 2.22 bits per heavy atom. The van der Waals surface area contributed by atoms with Crippen molar-refractivity contribution >= 4 is 23.8 Å². The van der Waals surface area contributed by atoms with Crippen LogP contribution in [-0.2, 0) is 9.59 Å². The second kappa shape index (κ2) is 5.44. The minimum Gasteiger partial charge on any atom is -0.497 e. The zero-order valence-corrected chi connectivity index (χ0v) is 11.2. The Kier molecular flexibility index (Phi) is 3.91. The van der Waals surface area contributed by atoms with E-state index in [-0.39, 0.29) is 17.1 Å². The lowest BCUT2D eigenvalue weighted by Gasteiger charge is -2.18. The molecule has 1 atom stereocenters. The lowest BCUT2D eigenvalue weighted by Crippen LogP contribution is -2.22. The number of nitrogens with zero attached hydrogens (tertiary/aromatic N) is 1. The molecular weight excluding hydrogens is 250 g/mol. The van der Waals surface area contributed by atoms with E-state index in [2.05, 4.69) is 0 Å². The van der Waals surface area contributed by atoms with Crippen LogP contribution < -0.4 is 4.74 Å². The molecule has 0 unspecified atom stereocenters. The first-order valence-electron chi connectivity index (χ1n) is 5.78. The number of ether oxygens (including phenoxy) is 1. The summed E-state index contributed by atoms with van der Waals surface area (Å²) in [5.74, 6) is 0.611. The van der Waals surface area contributed by atoms with Crippen molar-refractivity contribution in [3.63, 3.8) is 0 Å². The van der Waals surface area contributed by atoms with Crippen molar-refractivity contribution < 1.29 is 14.3 Å². The van der Waals surface area contributed by atoms with Crippen LogP contribution in [0.4, 0.5) is 0 Å². The predicted octanol–water partition coefficient (Wildman–Crippen LogP) is 2.55. The molecule has 1 heterocycles. The number of hydrogen-bond acceptors (Lipinski definition) is 4. The number of hydrogen-bond donors (Lipinski definition) is 0. The van der Waals surface area contributed by atoms with Gasteiger partial charge in [0.1, 0.15) is 5.75 Å². The zero-order chi connectivity index (χ0) is 13.1. The van der Waals surface area contributed by atoms with Crippen LogP contribution in [0, 0.1) is 0 Å².